The zero-order valence-electron chi connectivity index (χ0n) is 35.6. The van der Waals surface area contributed by atoms with Crippen molar-refractivity contribution in [2.45, 2.75) is 159 Å². The molecular formula is C49H78N2O. The van der Waals surface area contributed by atoms with Crippen LogP contribution in [0.2, 0.25) is 0 Å². The lowest BCUT2D eigenvalue weighted by Crippen LogP contribution is -2.42. The molecule has 290 valence electrons. The highest BCUT2D eigenvalue weighted by molar-refractivity contribution is 5.75. The van der Waals surface area contributed by atoms with E-state index in [0.29, 0.717) is 11.5 Å². The zero-order chi connectivity index (χ0) is 39.7. The average Bonchev–Trinajstić information content (AvgIpc) is 3.96. The molecule has 2 fully saturated rings. The Balaban J connectivity index is 0.000000926. The van der Waals surface area contributed by atoms with Gasteiger partial charge >= 0.3 is 0 Å². The molecule has 0 saturated heterocycles. The number of aromatic nitrogens is 1. The molecule has 3 nitrogen and oxygen atoms in total. The Labute approximate surface area is 322 Å². The summed E-state index contributed by atoms with van der Waals surface area (Å²) in [5.74, 6) is 0.826. The summed E-state index contributed by atoms with van der Waals surface area (Å²) in [6.45, 7) is 38.7. The molecule has 0 amide bonds. The fourth-order valence-electron chi connectivity index (χ4n) is 7.02. The normalized spacial score (nSPS) is 19.4. The van der Waals surface area contributed by atoms with Crippen LogP contribution in [-0.2, 0) is 11.3 Å². The molecule has 52 heavy (non-hydrogen) atoms. The first-order valence-corrected chi connectivity index (χ1v) is 20.3. The molecule has 2 aliphatic carbocycles. The van der Waals surface area contributed by atoms with E-state index in [1.807, 2.05) is 52.2 Å². The van der Waals surface area contributed by atoms with Gasteiger partial charge in [-0.1, -0.05) is 116 Å². The van der Waals surface area contributed by atoms with Gasteiger partial charge in [0.15, 0.2) is 0 Å². The van der Waals surface area contributed by atoms with Crippen LogP contribution in [0.25, 0.3) is 0 Å². The minimum Gasteiger partial charge on any atom is -0.364 e. The minimum absolute atomic E-state index is 0.178. The Bertz CT molecular complexity index is 1350. The van der Waals surface area contributed by atoms with E-state index in [2.05, 4.69) is 121 Å². The minimum atomic E-state index is 0.178. The maximum Gasteiger partial charge on any atom is 0.146 e. The highest BCUT2D eigenvalue weighted by Gasteiger charge is 2.42. The molecule has 2 saturated carbocycles. The number of benzene rings is 1. The first-order chi connectivity index (χ1) is 25.0. The van der Waals surface area contributed by atoms with Crippen LogP contribution in [0.5, 0.6) is 0 Å². The van der Waals surface area contributed by atoms with Crippen LogP contribution in [0.4, 0.5) is 5.69 Å². The Kier molecular flexibility index (Phi) is 24.6. The summed E-state index contributed by atoms with van der Waals surface area (Å²) in [5, 5.41) is 0. The largest absolute Gasteiger partial charge is 0.364 e. The highest BCUT2D eigenvalue weighted by Crippen LogP contribution is 2.54. The molecule has 1 atom stereocenters. The summed E-state index contributed by atoms with van der Waals surface area (Å²) in [7, 11) is 0. The van der Waals surface area contributed by atoms with Gasteiger partial charge in [-0.2, -0.15) is 0 Å². The van der Waals surface area contributed by atoms with Crippen LogP contribution >= 0.6 is 0 Å². The number of anilines is 1. The summed E-state index contributed by atoms with van der Waals surface area (Å²) < 4.78 is 0. The fourth-order valence-corrected chi connectivity index (χ4v) is 7.02. The first kappa shape index (κ1) is 48.5. The van der Waals surface area contributed by atoms with Crippen molar-refractivity contribution in [3.05, 3.63) is 121 Å². The van der Waals surface area contributed by atoms with Crippen molar-refractivity contribution in [3.63, 3.8) is 0 Å². The van der Waals surface area contributed by atoms with Crippen molar-refractivity contribution in [2.24, 2.45) is 16.7 Å². The van der Waals surface area contributed by atoms with Crippen LogP contribution < -0.4 is 4.90 Å². The van der Waals surface area contributed by atoms with E-state index in [1.54, 1.807) is 0 Å². The average molecular weight is 711 g/mol. The third-order valence-corrected chi connectivity index (χ3v) is 10.9. The van der Waals surface area contributed by atoms with Gasteiger partial charge in [-0.15, -0.1) is 26.3 Å². The molecule has 1 aromatic heterocycles. The maximum atomic E-state index is 10.9. The summed E-state index contributed by atoms with van der Waals surface area (Å²) in [6, 6.07) is 11.8. The number of rotatable bonds is 14. The molecule has 3 heteroatoms. The SMILES string of the molecule is C=C.C=CC/C(=C\C(C)=C(\C=O)CC)C1(C=C)CC1.CC.CCC.CCC[C@@H](C)C1(C)CCC(N(Cc2cnccc2C)c2ccc(C)cc2)CC1. The maximum absolute atomic E-state index is 10.9. The van der Waals surface area contributed by atoms with Crippen LogP contribution in [0.1, 0.15) is 150 Å². The number of hydrogen-bond donors (Lipinski definition) is 0. The smallest absolute Gasteiger partial charge is 0.146 e. The number of hydrogen-bond acceptors (Lipinski definition) is 3. The van der Waals surface area contributed by atoms with Gasteiger partial charge in [0.05, 0.1) is 0 Å². The van der Waals surface area contributed by atoms with Gasteiger partial charge in [0.25, 0.3) is 0 Å². The van der Waals surface area contributed by atoms with E-state index in [0.717, 1.165) is 42.7 Å². The standard InChI is InChI=1S/C26H38N2.C16H22O.C3H8.C2H6.C2H4/c1-6-7-22(4)26(5)15-12-25(13-16-26)28(24-10-8-20(2)9-11-24)19-23-18-27-17-14-21(23)3;1-5-8-15(16(7-3)9-10-16)11-13(4)14(6-2)12-17;1-3-2;2*1-2/h8-11,14,17-18,22,25H,6-7,12-13,15-16,19H2,1-5H3;5,7,11-12H,1,3,6,8-10H2,2,4H3;3H2,1-2H3;1-2H3;1-2H2/b;14-13+,15-11+;;;/t22-,25?,26?;;;;/m1..../s1. The molecule has 4 rings (SSSR count). The Morgan fingerprint density at radius 1 is 0.981 bits per heavy atom. The monoisotopic (exact) mass is 711 g/mol. The fraction of sp³-hybridized carbons (Fsp3) is 0.551. The van der Waals surface area contributed by atoms with Gasteiger partial charge in [0.1, 0.15) is 6.29 Å². The van der Waals surface area contributed by atoms with Crippen molar-refractivity contribution >= 4 is 12.0 Å². The van der Waals surface area contributed by atoms with E-state index < -0.39 is 0 Å². The van der Waals surface area contributed by atoms with Gasteiger partial charge < -0.3 is 4.90 Å². The summed E-state index contributed by atoms with van der Waals surface area (Å²) in [5.41, 5.74) is 9.34. The number of carbonyl (C=O) groups excluding carboxylic acids is 1. The van der Waals surface area contributed by atoms with E-state index in [9.17, 15) is 4.79 Å². The van der Waals surface area contributed by atoms with Crippen molar-refractivity contribution in [1.29, 1.82) is 0 Å². The molecule has 0 unspecified atom stereocenters. The zero-order valence-corrected chi connectivity index (χ0v) is 35.6. The number of allylic oxidation sites excluding steroid dienone is 6. The van der Waals surface area contributed by atoms with E-state index in [1.165, 1.54) is 85.7 Å². The van der Waals surface area contributed by atoms with Crippen molar-refractivity contribution < 1.29 is 4.79 Å². The van der Waals surface area contributed by atoms with Crippen LogP contribution in [0.3, 0.4) is 0 Å². The molecule has 0 aliphatic heterocycles. The van der Waals surface area contributed by atoms with Crippen molar-refractivity contribution in [3.8, 4) is 0 Å². The molecule has 0 radical (unpaired) electrons. The lowest BCUT2D eigenvalue weighted by atomic mass is 9.65. The van der Waals surface area contributed by atoms with Crippen LogP contribution in [0.15, 0.2) is 104 Å². The second-order valence-electron chi connectivity index (χ2n) is 14.7. The number of nitrogens with zero attached hydrogens (tertiary/aromatic N) is 2. The quantitative estimate of drug-likeness (QED) is 0.0847. The number of carbonyl (C=O) groups is 1. The van der Waals surface area contributed by atoms with Gasteiger partial charge in [0, 0.05) is 36.1 Å². The molecule has 2 aliphatic rings. The van der Waals surface area contributed by atoms with E-state index >= 15 is 0 Å². The Hall–Kier alpha value is -3.46. The van der Waals surface area contributed by atoms with Gasteiger partial charge in [-0.3, -0.25) is 9.78 Å². The Morgan fingerprint density at radius 2 is 1.56 bits per heavy atom. The Morgan fingerprint density at radius 3 is 2.00 bits per heavy atom. The molecular weight excluding hydrogens is 633 g/mol. The number of aldehydes is 1. The van der Waals surface area contributed by atoms with Crippen LogP contribution in [-0.4, -0.2) is 17.3 Å². The predicted octanol–water partition coefficient (Wildman–Crippen LogP) is 14.7. The molecule has 0 bridgehead atoms. The van der Waals surface area contributed by atoms with E-state index in [-0.39, 0.29) is 5.41 Å². The number of aryl methyl sites for hydroxylation is 2. The highest BCUT2D eigenvalue weighted by atomic mass is 16.1. The molecule has 1 heterocycles. The summed E-state index contributed by atoms with van der Waals surface area (Å²) in [4.78, 5) is 18.0. The molecule has 1 aromatic carbocycles. The summed E-state index contributed by atoms with van der Waals surface area (Å²) in [6.07, 6.45) is 24.2. The first-order valence-electron chi connectivity index (χ1n) is 20.3. The third-order valence-electron chi connectivity index (χ3n) is 10.9. The topological polar surface area (TPSA) is 33.2 Å². The molecule has 2 aromatic rings. The third kappa shape index (κ3) is 15.3. The van der Waals surface area contributed by atoms with E-state index in [4.69, 9.17) is 0 Å². The predicted molar refractivity (Wildman–Crippen MR) is 233 cm³/mol. The molecule has 0 N–H and O–H groups in total. The lowest BCUT2D eigenvalue weighted by molar-refractivity contribution is -0.105. The second kappa shape index (κ2) is 26.3. The van der Waals surface area contributed by atoms with Gasteiger partial charge in [-0.05, 0) is 124 Å². The van der Waals surface area contributed by atoms with Crippen LogP contribution in [0, 0.1) is 30.6 Å². The van der Waals surface area contributed by atoms with Crippen molar-refractivity contribution in [2.75, 3.05) is 4.90 Å². The number of pyridine rings is 1. The lowest BCUT2D eigenvalue weighted by Gasteiger charge is -2.45. The van der Waals surface area contributed by atoms with Gasteiger partial charge in [0.2, 0.25) is 0 Å². The van der Waals surface area contributed by atoms with Crippen molar-refractivity contribution in [1.82, 2.24) is 4.98 Å². The molecule has 0 spiro atoms. The summed E-state index contributed by atoms with van der Waals surface area (Å²) >= 11 is 0. The van der Waals surface area contributed by atoms with Gasteiger partial charge in [-0.25, -0.2) is 0 Å². The second-order valence-corrected chi connectivity index (χ2v) is 14.7.